The molecule has 170 valence electrons. The van der Waals surface area contributed by atoms with Crippen molar-refractivity contribution in [2.24, 2.45) is 0 Å². The molecule has 0 aliphatic carbocycles. The van der Waals surface area contributed by atoms with Crippen LogP contribution in [-0.2, 0) is 10.0 Å². The summed E-state index contributed by atoms with van der Waals surface area (Å²) in [5, 5.41) is 8.63. The smallest absolute Gasteiger partial charge is 0.243 e. The van der Waals surface area contributed by atoms with Crippen molar-refractivity contribution in [2.75, 3.05) is 31.1 Å². The lowest BCUT2D eigenvalue weighted by Gasteiger charge is -2.34. The Morgan fingerprint density at radius 2 is 1.58 bits per heavy atom. The third-order valence-electron chi connectivity index (χ3n) is 6.15. The Labute approximate surface area is 192 Å². The van der Waals surface area contributed by atoms with E-state index in [9.17, 15) is 8.42 Å². The molecule has 2 aromatic carbocycles. The quantitative estimate of drug-likeness (QED) is 0.459. The van der Waals surface area contributed by atoms with Crippen LogP contribution in [0.1, 0.15) is 16.7 Å². The molecule has 0 bridgehead atoms. The maximum absolute atomic E-state index is 13.1. The van der Waals surface area contributed by atoms with E-state index in [0.29, 0.717) is 48.1 Å². The van der Waals surface area contributed by atoms with Gasteiger partial charge in [-0.25, -0.2) is 18.4 Å². The van der Waals surface area contributed by atoms with E-state index in [4.69, 9.17) is 0 Å². The summed E-state index contributed by atoms with van der Waals surface area (Å²) in [4.78, 5) is 11.2. The van der Waals surface area contributed by atoms with Gasteiger partial charge >= 0.3 is 0 Å². The van der Waals surface area contributed by atoms with E-state index in [1.165, 1.54) is 10.6 Å². The molecular weight excluding hydrogens is 438 g/mol. The first-order valence-corrected chi connectivity index (χ1v) is 12.2. The molecule has 4 aromatic rings. The first-order valence-electron chi connectivity index (χ1n) is 10.8. The molecule has 0 unspecified atom stereocenters. The van der Waals surface area contributed by atoms with E-state index in [1.807, 2.05) is 56.0 Å². The van der Waals surface area contributed by atoms with Crippen molar-refractivity contribution in [3.05, 3.63) is 65.5 Å². The molecule has 9 nitrogen and oxygen atoms in total. The van der Waals surface area contributed by atoms with Crippen molar-refractivity contribution in [1.82, 2.24) is 29.3 Å². The molecular formula is C23H25N7O2S. The summed E-state index contributed by atoms with van der Waals surface area (Å²) < 4.78 is 29.5. The molecule has 0 saturated carbocycles. The van der Waals surface area contributed by atoms with Crippen molar-refractivity contribution in [1.29, 1.82) is 0 Å². The third-order valence-corrected chi connectivity index (χ3v) is 8.05. The summed E-state index contributed by atoms with van der Waals surface area (Å²) in [6.45, 7) is 7.68. The predicted molar refractivity (Wildman–Crippen MR) is 126 cm³/mol. The van der Waals surface area contributed by atoms with Gasteiger partial charge in [-0.1, -0.05) is 29.0 Å². The van der Waals surface area contributed by atoms with Crippen LogP contribution in [0.5, 0.6) is 0 Å². The monoisotopic (exact) mass is 463 g/mol. The molecule has 0 atom stereocenters. The lowest BCUT2D eigenvalue weighted by atomic mass is 10.1. The average molecular weight is 464 g/mol. The molecule has 1 aliphatic rings. The Hall–Kier alpha value is -3.37. The van der Waals surface area contributed by atoms with Crippen LogP contribution in [0, 0.1) is 20.8 Å². The largest absolute Gasteiger partial charge is 0.352 e. The minimum Gasteiger partial charge on any atom is -0.352 e. The van der Waals surface area contributed by atoms with Gasteiger partial charge in [0.15, 0.2) is 17.0 Å². The van der Waals surface area contributed by atoms with Gasteiger partial charge in [0.25, 0.3) is 0 Å². The topological polar surface area (TPSA) is 97.1 Å². The number of benzene rings is 2. The summed E-state index contributed by atoms with van der Waals surface area (Å²) >= 11 is 0. The van der Waals surface area contributed by atoms with Crippen molar-refractivity contribution in [2.45, 2.75) is 25.7 Å². The fourth-order valence-electron chi connectivity index (χ4n) is 3.99. The number of aromatic nitrogens is 5. The molecule has 3 heterocycles. The Morgan fingerprint density at radius 1 is 0.848 bits per heavy atom. The van der Waals surface area contributed by atoms with Crippen molar-refractivity contribution in [3.63, 3.8) is 0 Å². The standard InChI is InChI=1S/C23H25N7O2S/c1-16-4-7-19(8-5-16)30-23-21(26-27-30)22(24-15-25-23)28-10-12-29(13-11-28)33(31,32)20-9-6-17(2)18(3)14-20/h4-9,14-15H,10-13H2,1-3H3. The summed E-state index contributed by atoms with van der Waals surface area (Å²) in [7, 11) is -3.54. The van der Waals surface area contributed by atoms with Gasteiger partial charge in [-0.15, -0.1) is 5.10 Å². The molecule has 0 amide bonds. The van der Waals surface area contributed by atoms with Crippen molar-refractivity contribution >= 4 is 27.0 Å². The predicted octanol–water partition coefficient (Wildman–Crippen LogP) is 2.65. The average Bonchev–Trinajstić information content (AvgIpc) is 3.26. The molecule has 0 N–H and O–H groups in total. The normalized spacial score (nSPS) is 15.3. The molecule has 0 radical (unpaired) electrons. The second-order valence-electron chi connectivity index (χ2n) is 8.34. The fourth-order valence-corrected chi connectivity index (χ4v) is 5.50. The van der Waals surface area contributed by atoms with Crippen LogP contribution in [-0.4, -0.2) is 63.9 Å². The zero-order valence-electron chi connectivity index (χ0n) is 18.8. The Kier molecular flexibility index (Phi) is 5.34. The van der Waals surface area contributed by atoms with Gasteiger partial charge in [-0.05, 0) is 56.2 Å². The fraction of sp³-hybridized carbons (Fsp3) is 0.304. The van der Waals surface area contributed by atoms with E-state index < -0.39 is 10.0 Å². The molecule has 0 spiro atoms. The summed E-state index contributed by atoms with van der Waals surface area (Å²) in [5.41, 5.74) is 5.29. The van der Waals surface area contributed by atoms with Gasteiger partial charge in [-0.2, -0.15) is 8.99 Å². The van der Waals surface area contributed by atoms with Crippen molar-refractivity contribution in [3.8, 4) is 5.69 Å². The zero-order chi connectivity index (χ0) is 23.2. The summed E-state index contributed by atoms with van der Waals surface area (Å²) in [5.74, 6) is 0.668. The number of sulfonamides is 1. The highest BCUT2D eigenvalue weighted by molar-refractivity contribution is 7.89. The minimum atomic E-state index is -3.54. The second-order valence-corrected chi connectivity index (χ2v) is 10.3. The molecule has 1 aliphatic heterocycles. The van der Waals surface area contributed by atoms with Crippen LogP contribution in [0.3, 0.4) is 0 Å². The van der Waals surface area contributed by atoms with E-state index in [-0.39, 0.29) is 0 Å². The lowest BCUT2D eigenvalue weighted by molar-refractivity contribution is 0.384. The van der Waals surface area contributed by atoms with Gasteiger partial charge in [-0.3, -0.25) is 0 Å². The number of fused-ring (bicyclic) bond motifs is 1. The number of hydrogen-bond acceptors (Lipinski definition) is 7. The first kappa shape index (κ1) is 21.5. The number of anilines is 1. The highest BCUT2D eigenvalue weighted by atomic mass is 32.2. The molecule has 1 fully saturated rings. The SMILES string of the molecule is Cc1ccc(-n2nnc3c(N4CCN(S(=O)(=O)c5ccc(C)c(C)c5)CC4)ncnc32)cc1. The number of nitrogens with zero attached hydrogens (tertiary/aromatic N) is 7. The highest BCUT2D eigenvalue weighted by Gasteiger charge is 2.30. The number of rotatable bonds is 4. The summed E-state index contributed by atoms with van der Waals surface area (Å²) in [6, 6.07) is 13.3. The van der Waals surface area contributed by atoms with Crippen LogP contribution in [0.2, 0.25) is 0 Å². The van der Waals surface area contributed by atoms with E-state index in [0.717, 1.165) is 22.4 Å². The van der Waals surface area contributed by atoms with Gasteiger partial charge in [0, 0.05) is 26.2 Å². The number of aryl methyl sites for hydroxylation is 3. The van der Waals surface area contributed by atoms with Gasteiger partial charge in [0.1, 0.15) is 6.33 Å². The number of hydrogen-bond donors (Lipinski definition) is 0. The van der Waals surface area contributed by atoms with E-state index in [1.54, 1.807) is 16.8 Å². The van der Waals surface area contributed by atoms with Crippen LogP contribution in [0.25, 0.3) is 16.9 Å². The molecule has 10 heteroatoms. The van der Waals surface area contributed by atoms with Gasteiger partial charge in [0.2, 0.25) is 10.0 Å². The molecule has 33 heavy (non-hydrogen) atoms. The van der Waals surface area contributed by atoms with Crippen LogP contribution in [0.4, 0.5) is 5.82 Å². The van der Waals surface area contributed by atoms with Crippen molar-refractivity contribution < 1.29 is 8.42 Å². The van der Waals surface area contributed by atoms with E-state index in [2.05, 4.69) is 20.3 Å². The maximum Gasteiger partial charge on any atom is 0.243 e. The lowest BCUT2D eigenvalue weighted by Crippen LogP contribution is -2.49. The first-order chi connectivity index (χ1) is 15.8. The third kappa shape index (κ3) is 3.85. The maximum atomic E-state index is 13.1. The number of piperazine rings is 1. The molecule has 5 rings (SSSR count). The minimum absolute atomic E-state index is 0.338. The summed E-state index contributed by atoms with van der Waals surface area (Å²) in [6.07, 6.45) is 1.50. The molecule has 1 saturated heterocycles. The van der Waals surface area contributed by atoms with Gasteiger partial charge < -0.3 is 4.90 Å². The van der Waals surface area contributed by atoms with Crippen LogP contribution in [0.15, 0.2) is 53.7 Å². The van der Waals surface area contributed by atoms with Gasteiger partial charge in [0.05, 0.1) is 10.6 Å². The zero-order valence-corrected chi connectivity index (χ0v) is 19.6. The van der Waals surface area contributed by atoms with Crippen LogP contribution < -0.4 is 4.90 Å². The molecule has 2 aromatic heterocycles. The Bertz CT molecular complexity index is 1420. The highest BCUT2D eigenvalue weighted by Crippen LogP contribution is 2.26. The van der Waals surface area contributed by atoms with Crippen LogP contribution >= 0.6 is 0 Å². The Morgan fingerprint density at radius 3 is 2.27 bits per heavy atom. The Balaban J connectivity index is 1.38. The second kappa shape index (κ2) is 8.20. The van der Waals surface area contributed by atoms with E-state index >= 15 is 0 Å².